The summed E-state index contributed by atoms with van der Waals surface area (Å²) >= 11 is 0. The fraction of sp³-hybridized carbons (Fsp3) is 0.294. The van der Waals surface area contributed by atoms with Crippen LogP contribution in [0.25, 0.3) is 0 Å². The lowest BCUT2D eigenvalue weighted by Crippen LogP contribution is -2.13. The molecule has 0 aliphatic carbocycles. The zero-order valence-electron chi connectivity index (χ0n) is 11.8. The first-order valence-electron chi connectivity index (χ1n) is 6.64. The standard InChI is InChI=1S/C17H21NO/c1-4-13-6-5-7-14(11-13)17(18)15-9-8-12(2)10-16(15)19-3/h5-11,17H,4,18H2,1-3H3. The Morgan fingerprint density at radius 3 is 2.63 bits per heavy atom. The molecule has 0 amide bonds. The molecule has 19 heavy (non-hydrogen) atoms. The third kappa shape index (κ3) is 2.96. The molecule has 2 aromatic carbocycles. The first kappa shape index (κ1) is 13.6. The van der Waals surface area contributed by atoms with Crippen LogP contribution in [0.15, 0.2) is 42.5 Å². The largest absolute Gasteiger partial charge is 0.496 e. The van der Waals surface area contributed by atoms with Gasteiger partial charge in [0, 0.05) is 5.56 Å². The molecule has 2 aromatic rings. The van der Waals surface area contributed by atoms with Gasteiger partial charge in [-0.3, -0.25) is 0 Å². The Hall–Kier alpha value is -1.80. The molecule has 0 radical (unpaired) electrons. The Morgan fingerprint density at radius 1 is 1.16 bits per heavy atom. The molecule has 0 aliphatic heterocycles. The quantitative estimate of drug-likeness (QED) is 0.905. The van der Waals surface area contributed by atoms with E-state index in [4.69, 9.17) is 10.5 Å². The topological polar surface area (TPSA) is 35.2 Å². The van der Waals surface area contributed by atoms with Gasteiger partial charge in [0.25, 0.3) is 0 Å². The van der Waals surface area contributed by atoms with Gasteiger partial charge in [0.15, 0.2) is 0 Å². The second-order valence-corrected chi connectivity index (χ2v) is 4.82. The third-order valence-corrected chi connectivity index (χ3v) is 3.44. The second kappa shape index (κ2) is 5.89. The van der Waals surface area contributed by atoms with Gasteiger partial charge in [-0.2, -0.15) is 0 Å². The predicted octanol–water partition coefficient (Wildman–Crippen LogP) is 3.61. The van der Waals surface area contributed by atoms with Crippen LogP contribution in [-0.4, -0.2) is 7.11 Å². The molecule has 2 nitrogen and oxygen atoms in total. The van der Waals surface area contributed by atoms with Crippen LogP contribution in [-0.2, 0) is 6.42 Å². The maximum Gasteiger partial charge on any atom is 0.124 e. The number of rotatable bonds is 4. The van der Waals surface area contributed by atoms with Crippen molar-refractivity contribution in [2.75, 3.05) is 7.11 Å². The Morgan fingerprint density at radius 2 is 1.95 bits per heavy atom. The summed E-state index contributed by atoms with van der Waals surface area (Å²) < 4.78 is 5.45. The first-order chi connectivity index (χ1) is 9.15. The van der Waals surface area contributed by atoms with Crippen molar-refractivity contribution in [3.63, 3.8) is 0 Å². The highest BCUT2D eigenvalue weighted by Gasteiger charge is 2.14. The highest BCUT2D eigenvalue weighted by Crippen LogP contribution is 2.29. The van der Waals surface area contributed by atoms with Crippen LogP contribution >= 0.6 is 0 Å². The summed E-state index contributed by atoms with van der Waals surface area (Å²) in [6, 6.07) is 14.4. The predicted molar refractivity (Wildman–Crippen MR) is 79.6 cm³/mol. The molecule has 0 bridgehead atoms. The van der Waals surface area contributed by atoms with Gasteiger partial charge in [-0.25, -0.2) is 0 Å². The Labute approximate surface area is 115 Å². The van der Waals surface area contributed by atoms with E-state index < -0.39 is 0 Å². The van der Waals surface area contributed by atoms with E-state index in [0.29, 0.717) is 0 Å². The molecular weight excluding hydrogens is 234 g/mol. The number of ether oxygens (including phenoxy) is 1. The average Bonchev–Trinajstić information content (AvgIpc) is 2.46. The summed E-state index contributed by atoms with van der Waals surface area (Å²) in [4.78, 5) is 0. The van der Waals surface area contributed by atoms with E-state index in [1.165, 1.54) is 11.1 Å². The van der Waals surface area contributed by atoms with E-state index in [-0.39, 0.29) is 6.04 Å². The van der Waals surface area contributed by atoms with Crippen molar-refractivity contribution >= 4 is 0 Å². The van der Waals surface area contributed by atoms with E-state index >= 15 is 0 Å². The van der Waals surface area contributed by atoms with E-state index in [0.717, 1.165) is 23.3 Å². The summed E-state index contributed by atoms with van der Waals surface area (Å²) in [5, 5.41) is 0. The molecule has 1 unspecified atom stereocenters. The van der Waals surface area contributed by atoms with Crippen molar-refractivity contribution < 1.29 is 4.74 Å². The van der Waals surface area contributed by atoms with Gasteiger partial charge in [0.05, 0.1) is 13.2 Å². The maximum atomic E-state index is 6.39. The van der Waals surface area contributed by atoms with Crippen molar-refractivity contribution in [2.24, 2.45) is 5.73 Å². The first-order valence-corrected chi connectivity index (χ1v) is 6.64. The van der Waals surface area contributed by atoms with Gasteiger partial charge in [-0.05, 0) is 36.1 Å². The fourth-order valence-electron chi connectivity index (χ4n) is 2.26. The van der Waals surface area contributed by atoms with Crippen molar-refractivity contribution in [3.05, 3.63) is 64.7 Å². The number of hydrogen-bond donors (Lipinski definition) is 1. The lowest BCUT2D eigenvalue weighted by molar-refractivity contribution is 0.407. The lowest BCUT2D eigenvalue weighted by atomic mass is 9.96. The highest BCUT2D eigenvalue weighted by atomic mass is 16.5. The van der Waals surface area contributed by atoms with Crippen molar-refractivity contribution in [2.45, 2.75) is 26.3 Å². The summed E-state index contributed by atoms with van der Waals surface area (Å²) in [6.07, 6.45) is 1.02. The average molecular weight is 255 g/mol. The number of hydrogen-bond acceptors (Lipinski definition) is 2. The van der Waals surface area contributed by atoms with Gasteiger partial charge in [0.1, 0.15) is 5.75 Å². The molecule has 0 heterocycles. The van der Waals surface area contributed by atoms with Gasteiger partial charge < -0.3 is 10.5 Å². The van der Waals surface area contributed by atoms with E-state index in [1.54, 1.807) is 7.11 Å². The molecular formula is C17H21NO. The smallest absolute Gasteiger partial charge is 0.124 e. The lowest BCUT2D eigenvalue weighted by Gasteiger charge is -2.17. The van der Waals surface area contributed by atoms with E-state index in [2.05, 4.69) is 50.2 Å². The Bertz CT molecular complexity index is 563. The third-order valence-electron chi connectivity index (χ3n) is 3.44. The van der Waals surface area contributed by atoms with Crippen LogP contribution in [0.3, 0.4) is 0 Å². The zero-order chi connectivity index (χ0) is 13.8. The zero-order valence-corrected chi connectivity index (χ0v) is 11.8. The minimum Gasteiger partial charge on any atom is -0.496 e. The summed E-state index contributed by atoms with van der Waals surface area (Å²) in [6.45, 7) is 4.20. The van der Waals surface area contributed by atoms with Crippen molar-refractivity contribution in [3.8, 4) is 5.75 Å². The SMILES string of the molecule is CCc1cccc(C(N)c2ccc(C)cc2OC)c1. The number of aryl methyl sites for hydroxylation is 2. The van der Waals surface area contributed by atoms with Crippen molar-refractivity contribution in [1.82, 2.24) is 0 Å². The van der Waals surface area contributed by atoms with Crippen LogP contribution < -0.4 is 10.5 Å². The molecule has 2 rings (SSSR count). The van der Waals surface area contributed by atoms with Crippen LogP contribution in [0.4, 0.5) is 0 Å². The monoisotopic (exact) mass is 255 g/mol. The van der Waals surface area contributed by atoms with Crippen molar-refractivity contribution in [1.29, 1.82) is 0 Å². The molecule has 0 spiro atoms. The fourth-order valence-corrected chi connectivity index (χ4v) is 2.26. The van der Waals surface area contributed by atoms with Crippen LogP contribution in [0.1, 0.15) is 35.2 Å². The maximum absolute atomic E-state index is 6.39. The molecule has 0 fully saturated rings. The number of nitrogens with two attached hydrogens (primary N) is 1. The van der Waals surface area contributed by atoms with E-state index in [1.807, 2.05) is 6.07 Å². The van der Waals surface area contributed by atoms with Crippen LogP contribution in [0.5, 0.6) is 5.75 Å². The minimum atomic E-state index is -0.151. The van der Waals surface area contributed by atoms with Gasteiger partial charge >= 0.3 is 0 Å². The van der Waals surface area contributed by atoms with Gasteiger partial charge in [-0.15, -0.1) is 0 Å². The molecule has 0 saturated carbocycles. The minimum absolute atomic E-state index is 0.151. The molecule has 100 valence electrons. The second-order valence-electron chi connectivity index (χ2n) is 4.82. The molecule has 2 N–H and O–H groups in total. The van der Waals surface area contributed by atoms with Gasteiger partial charge in [-0.1, -0.05) is 43.3 Å². The van der Waals surface area contributed by atoms with Crippen LogP contribution in [0.2, 0.25) is 0 Å². The number of benzene rings is 2. The summed E-state index contributed by atoms with van der Waals surface area (Å²) in [5.74, 6) is 0.856. The highest BCUT2D eigenvalue weighted by molar-refractivity contribution is 5.44. The Kier molecular flexibility index (Phi) is 4.23. The molecule has 2 heteroatoms. The summed E-state index contributed by atoms with van der Waals surface area (Å²) in [7, 11) is 1.69. The Balaban J connectivity index is 2.40. The van der Waals surface area contributed by atoms with Crippen LogP contribution in [0, 0.1) is 6.92 Å². The normalized spacial score (nSPS) is 12.2. The molecule has 0 aromatic heterocycles. The van der Waals surface area contributed by atoms with Gasteiger partial charge in [0.2, 0.25) is 0 Å². The molecule has 0 aliphatic rings. The molecule has 1 atom stereocenters. The van der Waals surface area contributed by atoms with E-state index in [9.17, 15) is 0 Å². The number of methoxy groups -OCH3 is 1. The molecule has 0 saturated heterocycles. The summed E-state index contributed by atoms with van der Waals surface area (Å²) in [5.41, 5.74) is 11.0.